The fourth-order valence-corrected chi connectivity index (χ4v) is 2.83. The van der Waals surface area contributed by atoms with E-state index in [0.29, 0.717) is 18.5 Å². The molecule has 2 atom stereocenters. The Morgan fingerprint density at radius 3 is 2.45 bits per heavy atom. The van der Waals surface area contributed by atoms with Crippen molar-refractivity contribution in [1.82, 2.24) is 9.78 Å². The van der Waals surface area contributed by atoms with Gasteiger partial charge in [0, 0.05) is 12.1 Å². The summed E-state index contributed by atoms with van der Waals surface area (Å²) < 4.78 is 40.8. The molecule has 1 aromatic heterocycles. The van der Waals surface area contributed by atoms with Crippen LogP contribution in [0, 0.1) is 11.8 Å². The number of hydrogen-bond acceptors (Lipinski definition) is 2. The summed E-state index contributed by atoms with van der Waals surface area (Å²) in [5.74, 6) is -3.11. The molecular formula is C15H22F3N3O. The van der Waals surface area contributed by atoms with Gasteiger partial charge >= 0.3 is 6.18 Å². The number of carbonyl (C=O) groups excluding carboxylic acids is 1. The van der Waals surface area contributed by atoms with Gasteiger partial charge < -0.3 is 5.32 Å². The zero-order valence-corrected chi connectivity index (χ0v) is 13.1. The number of hydrogen-bond donors (Lipinski definition) is 1. The highest BCUT2D eigenvalue weighted by molar-refractivity contribution is 5.92. The minimum atomic E-state index is -4.32. The van der Waals surface area contributed by atoms with Gasteiger partial charge in [0.15, 0.2) is 0 Å². The molecular weight excluding hydrogens is 295 g/mol. The summed E-state index contributed by atoms with van der Waals surface area (Å²) in [6.07, 6.45) is 0.282. The van der Waals surface area contributed by atoms with E-state index in [1.165, 1.54) is 6.20 Å². The third kappa shape index (κ3) is 3.81. The molecule has 1 aromatic rings. The number of carbonyl (C=O) groups is 1. The van der Waals surface area contributed by atoms with Crippen molar-refractivity contribution in [2.45, 2.75) is 58.2 Å². The van der Waals surface area contributed by atoms with Gasteiger partial charge in [0.2, 0.25) is 5.91 Å². The maximum atomic E-state index is 13.1. The number of amides is 1. The van der Waals surface area contributed by atoms with Crippen LogP contribution in [0.25, 0.3) is 0 Å². The summed E-state index contributed by atoms with van der Waals surface area (Å²) in [6, 6.07) is 0. The molecule has 1 heterocycles. The summed E-state index contributed by atoms with van der Waals surface area (Å²) >= 11 is 0. The van der Waals surface area contributed by atoms with Crippen LogP contribution < -0.4 is 5.32 Å². The number of rotatable bonds is 2. The Hall–Kier alpha value is -1.53. The van der Waals surface area contributed by atoms with Crippen LogP contribution >= 0.6 is 0 Å². The number of aromatic nitrogens is 2. The van der Waals surface area contributed by atoms with Crippen LogP contribution in [0.4, 0.5) is 18.9 Å². The maximum Gasteiger partial charge on any atom is 0.392 e. The zero-order valence-electron chi connectivity index (χ0n) is 13.1. The number of alkyl halides is 3. The molecule has 4 nitrogen and oxygen atoms in total. The molecule has 2 rings (SSSR count). The molecule has 1 saturated carbocycles. The number of nitrogens with zero attached hydrogens (tertiary/aromatic N) is 2. The Morgan fingerprint density at radius 2 is 1.91 bits per heavy atom. The van der Waals surface area contributed by atoms with Gasteiger partial charge in [-0.2, -0.15) is 18.3 Å². The topological polar surface area (TPSA) is 46.9 Å². The molecule has 0 saturated heterocycles. The normalized spacial score (nSPS) is 23.4. The number of anilines is 1. The summed E-state index contributed by atoms with van der Waals surface area (Å²) in [7, 11) is 0. The van der Waals surface area contributed by atoms with Crippen molar-refractivity contribution in [3.8, 4) is 0 Å². The fourth-order valence-electron chi connectivity index (χ4n) is 2.83. The first-order valence-electron chi connectivity index (χ1n) is 7.52. The average molecular weight is 317 g/mol. The second-order valence-corrected chi connectivity index (χ2v) is 6.87. The van der Waals surface area contributed by atoms with Crippen LogP contribution in [0.1, 0.15) is 46.5 Å². The van der Waals surface area contributed by atoms with Gasteiger partial charge in [0.25, 0.3) is 0 Å². The molecule has 0 aliphatic heterocycles. The molecule has 1 N–H and O–H groups in total. The van der Waals surface area contributed by atoms with Crippen LogP contribution in [-0.4, -0.2) is 21.9 Å². The molecule has 0 unspecified atom stereocenters. The van der Waals surface area contributed by atoms with Crippen molar-refractivity contribution in [2.75, 3.05) is 5.32 Å². The van der Waals surface area contributed by atoms with Crippen molar-refractivity contribution in [3.05, 3.63) is 12.4 Å². The van der Waals surface area contributed by atoms with Crippen molar-refractivity contribution < 1.29 is 18.0 Å². The van der Waals surface area contributed by atoms with Gasteiger partial charge in [-0.15, -0.1) is 0 Å². The van der Waals surface area contributed by atoms with Crippen molar-refractivity contribution in [3.63, 3.8) is 0 Å². The summed E-state index contributed by atoms with van der Waals surface area (Å²) in [6.45, 7) is 5.85. The van der Waals surface area contributed by atoms with E-state index in [-0.39, 0.29) is 18.4 Å². The van der Waals surface area contributed by atoms with E-state index in [0.717, 1.165) is 0 Å². The van der Waals surface area contributed by atoms with Gasteiger partial charge in [-0.3, -0.25) is 9.48 Å². The average Bonchev–Trinajstić information content (AvgIpc) is 2.86. The molecule has 0 aromatic carbocycles. The predicted molar refractivity (Wildman–Crippen MR) is 77.4 cm³/mol. The molecule has 7 heteroatoms. The summed E-state index contributed by atoms with van der Waals surface area (Å²) in [5.41, 5.74) is 0.189. The van der Waals surface area contributed by atoms with E-state index in [1.807, 2.05) is 20.8 Å². The smallest absolute Gasteiger partial charge is 0.323 e. The van der Waals surface area contributed by atoms with E-state index < -0.39 is 23.9 Å². The second-order valence-electron chi connectivity index (χ2n) is 6.87. The molecule has 1 aliphatic carbocycles. The number of halogens is 3. The van der Waals surface area contributed by atoms with Gasteiger partial charge in [-0.1, -0.05) is 12.8 Å². The van der Waals surface area contributed by atoms with Crippen LogP contribution in [0.3, 0.4) is 0 Å². The molecule has 1 amide bonds. The van der Waals surface area contributed by atoms with Crippen LogP contribution in [0.2, 0.25) is 0 Å². The van der Waals surface area contributed by atoms with E-state index in [2.05, 4.69) is 10.4 Å². The zero-order chi connectivity index (χ0) is 16.5. The lowest BCUT2D eigenvalue weighted by Crippen LogP contribution is -2.39. The third-order valence-electron chi connectivity index (χ3n) is 4.06. The molecule has 0 bridgehead atoms. The second kappa shape index (κ2) is 5.93. The lowest BCUT2D eigenvalue weighted by Gasteiger charge is -2.31. The van der Waals surface area contributed by atoms with E-state index in [9.17, 15) is 18.0 Å². The maximum absolute atomic E-state index is 13.1. The monoisotopic (exact) mass is 317 g/mol. The van der Waals surface area contributed by atoms with Gasteiger partial charge in [0.05, 0.1) is 23.3 Å². The SMILES string of the molecule is CC(C)(C)n1cc(NC(=O)[C@@H]2CCCC[C@@H]2C(F)(F)F)cn1. The quantitative estimate of drug-likeness (QED) is 0.898. The Bertz CT molecular complexity index is 531. The summed E-state index contributed by atoms with van der Waals surface area (Å²) in [5, 5.41) is 6.72. The van der Waals surface area contributed by atoms with Gasteiger partial charge in [-0.05, 0) is 33.6 Å². The van der Waals surface area contributed by atoms with Crippen molar-refractivity contribution in [1.29, 1.82) is 0 Å². The Kier molecular flexibility index (Phi) is 4.54. The summed E-state index contributed by atoms with van der Waals surface area (Å²) in [4.78, 5) is 12.2. The standard InChI is InChI=1S/C15H22F3N3O/c1-14(2,3)21-9-10(8-19-21)20-13(22)11-6-4-5-7-12(11)15(16,17)18/h8-9,11-12H,4-7H2,1-3H3,(H,20,22)/t11-,12+/m1/s1. The molecule has 124 valence electrons. The van der Waals surface area contributed by atoms with Crippen LogP contribution in [-0.2, 0) is 10.3 Å². The first-order valence-corrected chi connectivity index (χ1v) is 7.52. The van der Waals surface area contributed by atoms with E-state index in [1.54, 1.807) is 10.9 Å². The lowest BCUT2D eigenvalue weighted by atomic mass is 9.78. The molecule has 22 heavy (non-hydrogen) atoms. The van der Waals surface area contributed by atoms with Gasteiger partial charge in [0.1, 0.15) is 0 Å². The van der Waals surface area contributed by atoms with Crippen LogP contribution in [0.15, 0.2) is 12.4 Å². The minimum absolute atomic E-state index is 0.0306. The highest BCUT2D eigenvalue weighted by Gasteiger charge is 2.48. The van der Waals surface area contributed by atoms with Crippen molar-refractivity contribution in [2.24, 2.45) is 11.8 Å². The highest BCUT2D eigenvalue weighted by Crippen LogP contribution is 2.41. The number of nitrogens with one attached hydrogen (secondary N) is 1. The molecule has 0 radical (unpaired) electrons. The first-order chi connectivity index (χ1) is 10.1. The first kappa shape index (κ1) is 16.8. The Labute approximate surface area is 128 Å². The lowest BCUT2D eigenvalue weighted by molar-refractivity contribution is -0.197. The predicted octanol–water partition coefficient (Wildman–Crippen LogP) is 3.95. The largest absolute Gasteiger partial charge is 0.392 e. The Balaban J connectivity index is 2.09. The van der Waals surface area contributed by atoms with E-state index >= 15 is 0 Å². The molecule has 1 fully saturated rings. The third-order valence-corrected chi connectivity index (χ3v) is 4.06. The fraction of sp³-hybridized carbons (Fsp3) is 0.733. The van der Waals surface area contributed by atoms with Crippen molar-refractivity contribution >= 4 is 11.6 Å². The van der Waals surface area contributed by atoms with Gasteiger partial charge in [-0.25, -0.2) is 0 Å². The minimum Gasteiger partial charge on any atom is -0.323 e. The highest BCUT2D eigenvalue weighted by atomic mass is 19.4. The van der Waals surface area contributed by atoms with Crippen LogP contribution in [0.5, 0.6) is 0 Å². The molecule has 1 aliphatic rings. The molecule has 0 spiro atoms. The Morgan fingerprint density at radius 1 is 1.27 bits per heavy atom. The van der Waals surface area contributed by atoms with E-state index in [4.69, 9.17) is 0 Å².